The molecule has 17 heavy (non-hydrogen) atoms. The third-order valence-corrected chi connectivity index (χ3v) is 3.88. The molecular weight excluding hydrogens is 252 g/mol. The highest BCUT2D eigenvalue weighted by atomic mass is 35.5. The van der Waals surface area contributed by atoms with Crippen molar-refractivity contribution < 1.29 is 0 Å². The van der Waals surface area contributed by atoms with Crippen molar-refractivity contribution in [1.29, 1.82) is 0 Å². The number of alkyl halides is 1. The minimum Gasteiger partial charge on any atom is -0.331 e. The van der Waals surface area contributed by atoms with E-state index in [0.29, 0.717) is 0 Å². The number of thiazole rings is 1. The van der Waals surface area contributed by atoms with E-state index in [1.807, 2.05) is 38.1 Å². The minimum atomic E-state index is -0.0131. The molecule has 1 aromatic heterocycles. The van der Waals surface area contributed by atoms with Crippen LogP contribution in [0.2, 0.25) is 0 Å². The maximum Gasteiger partial charge on any atom is 0.187 e. The fourth-order valence-electron chi connectivity index (χ4n) is 1.60. The van der Waals surface area contributed by atoms with Crippen LogP contribution in [0.15, 0.2) is 24.3 Å². The lowest BCUT2D eigenvalue weighted by Gasteiger charge is -2.11. The van der Waals surface area contributed by atoms with Crippen LogP contribution >= 0.6 is 22.9 Å². The van der Waals surface area contributed by atoms with Crippen molar-refractivity contribution >= 4 is 33.8 Å². The van der Waals surface area contributed by atoms with E-state index in [2.05, 4.69) is 17.2 Å². The number of aromatic nitrogens is 1. The third kappa shape index (κ3) is 2.79. The van der Waals surface area contributed by atoms with Gasteiger partial charge >= 0.3 is 0 Å². The van der Waals surface area contributed by atoms with Gasteiger partial charge in [-0.05, 0) is 32.4 Å². The first-order valence-corrected chi connectivity index (χ1v) is 6.77. The zero-order valence-corrected chi connectivity index (χ0v) is 11.7. The molecule has 0 saturated carbocycles. The van der Waals surface area contributed by atoms with Crippen LogP contribution in [-0.2, 0) is 0 Å². The second kappa shape index (κ2) is 5.07. The number of halogens is 1. The normalized spacial score (nSPS) is 12.5. The molecule has 2 rings (SSSR count). The Hall–Kier alpha value is -1.06. The first-order valence-electron chi connectivity index (χ1n) is 5.52. The van der Waals surface area contributed by atoms with E-state index >= 15 is 0 Å². The van der Waals surface area contributed by atoms with Crippen LogP contribution < -0.4 is 5.32 Å². The molecule has 1 heterocycles. The van der Waals surface area contributed by atoms with E-state index in [4.69, 9.17) is 11.6 Å². The lowest BCUT2D eigenvalue weighted by molar-refractivity contribution is 1.08. The van der Waals surface area contributed by atoms with Crippen molar-refractivity contribution in [2.45, 2.75) is 26.1 Å². The highest BCUT2D eigenvalue weighted by Gasteiger charge is 2.09. The molecule has 0 aliphatic rings. The lowest BCUT2D eigenvalue weighted by atomic mass is 10.1. The Kier molecular flexibility index (Phi) is 3.69. The van der Waals surface area contributed by atoms with Crippen molar-refractivity contribution in [2.75, 3.05) is 5.32 Å². The van der Waals surface area contributed by atoms with Crippen LogP contribution in [-0.4, -0.2) is 4.98 Å². The van der Waals surface area contributed by atoms with Crippen LogP contribution in [0.5, 0.6) is 0 Å². The summed E-state index contributed by atoms with van der Waals surface area (Å²) in [4.78, 5) is 5.71. The summed E-state index contributed by atoms with van der Waals surface area (Å²) in [5.74, 6) is 0. The van der Waals surface area contributed by atoms with E-state index < -0.39 is 0 Å². The van der Waals surface area contributed by atoms with Gasteiger partial charge in [0.25, 0.3) is 0 Å². The summed E-state index contributed by atoms with van der Waals surface area (Å²) in [6.45, 7) is 6.07. The molecule has 0 bridgehead atoms. The average molecular weight is 267 g/mol. The number of benzene rings is 1. The molecule has 1 unspecified atom stereocenters. The fraction of sp³-hybridized carbons (Fsp3) is 0.308. The second-order valence-corrected chi connectivity index (χ2v) is 5.85. The molecule has 0 amide bonds. The van der Waals surface area contributed by atoms with Crippen LogP contribution in [0.1, 0.15) is 28.4 Å². The van der Waals surface area contributed by atoms with E-state index in [0.717, 1.165) is 22.1 Å². The van der Waals surface area contributed by atoms with E-state index in [1.54, 1.807) is 11.3 Å². The Balaban J connectivity index is 2.29. The molecule has 2 nitrogen and oxygen atoms in total. The molecule has 0 aliphatic heterocycles. The Morgan fingerprint density at radius 3 is 2.59 bits per heavy atom. The molecule has 1 atom stereocenters. The Morgan fingerprint density at radius 2 is 2.00 bits per heavy atom. The molecule has 90 valence electrons. The molecule has 0 aliphatic carbocycles. The molecule has 0 radical (unpaired) electrons. The number of hydrogen-bond donors (Lipinski definition) is 1. The first-order chi connectivity index (χ1) is 8.08. The molecule has 0 saturated heterocycles. The Labute approximate surface area is 111 Å². The first kappa shape index (κ1) is 12.4. The minimum absolute atomic E-state index is 0.0131. The van der Waals surface area contributed by atoms with Gasteiger partial charge in [0.05, 0.1) is 11.1 Å². The summed E-state index contributed by atoms with van der Waals surface area (Å²) in [5.41, 5.74) is 3.21. The van der Waals surface area contributed by atoms with Crippen molar-refractivity contribution in [3.05, 3.63) is 40.4 Å². The summed E-state index contributed by atoms with van der Waals surface area (Å²) >= 11 is 7.82. The molecule has 1 aromatic carbocycles. The van der Waals surface area contributed by atoms with Gasteiger partial charge in [-0.1, -0.05) is 18.2 Å². The molecule has 4 heteroatoms. The molecule has 0 fully saturated rings. The monoisotopic (exact) mass is 266 g/mol. The zero-order valence-electron chi connectivity index (χ0n) is 10.1. The third-order valence-electron chi connectivity index (χ3n) is 2.66. The van der Waals surface area contributed by atoms with Crippen LogP contribution in [0.3, 0.4) is 0 Å². The number of para-hydroxylation sites is 1. The van der Waals surface area contributed by atoms with E-state index in [9.17, 15) is 0 Å². The zero-order chi connectivity index (χ0) is 12.4. The molecule has 2 aromatic rings. The summed E-state index contributed by atoms with van der Waals surface area (Å²) < 4.78 is 0. The van der Waals surface area contributed by atoms with Crippen molar-refractivity contribution in [3.63, 3.8) is 0 Å². The maximum atomic E-state index is 6.15. The number of nitrogens with zero attached hydrogens (tertiary/aromatic N) is 1. The largest absolute Gasteiger partial charge is 0.331 e. The van der Waals surface area contributed by atoms with Crippen molar-refractivity contribution in [1.82, 2.24) is 4.98 Å². The SMILES string of the molecule is Cc1nc(Nc2ccccc2C(C)Cl)sc1C. The average Bonchev–Trinajstić information content (AvgIpc) is 2.58. The van der Waals surface area contributed by atoms with Gasteiger partial charge < -0.3 is 5.32 Å². The smallest absolute Gasteiger partial charge is 0.187 e. The van der Waals surface area contributed by atoms with E-state index in [-0.39, 0.29) is 5.38 Å². The maximum absolute atomic E-state index is 6.15. The van der Waals surface area contributed by atoms with Crippen LogP contribution in [0, 0.1) is 13.8 Å². The number of hydrogen-bond acceptors (Lipinski definition) is 3. The molecular formula is C13H15ClN2S. The summed E-state index contributed by atoms with van der Waals surface area (Å²) in [6.07, 6.45) is 0. The van der Waals surface area contributed by atoms with Gasteiger partial charge in [-0.15, -0.1) is 22.9 Å². The summed E-state index contributed by atoms with van der Waals surface area (Å²) in [5, 5.41) is 4.25. The highest BCUT2D eigenvalue weighted by molar-refractivity contribution is 7.15. The predicted molar refractivity (Wildman–Crippen MR) is 75.6 cm³/mol. The summed E-state index contributed by atoms with van der Waals surface area (Å²) in [6, 6.07) is 8.06. The van der Waals surface area contributed by atoms with Gasteiger partial charge in [0, 0.05) is 10.6 Å². The number of aryl methyl sites for hydroxylation is 2. The van der Waals surface area contributed by atoms with Gasteiger partial charge in [-0.2, -0.15) is 0 Å². The molecule has 1 N–H and O–H groups in total. The second-order valence-electron chi connectivity index (χ2n) is 3.99. The van der Waals surface area contributed by atoms with E-state index in [1.165, 1.54) is 4.88 Å². The van der Waals surface area contributed by atoms with Gasteiger partial charge in [0.2, 0.25) is 0 Å². The summed E-state index contributed by atoms with van der Waals surface area (Å²) in [7, 11) is 0. The predicted octanol–water partition coefficient (Wildman–Crippen LogP) is 4.80. The Bertz CT molecular complexity index is 500. The standard InChI is InChI=1S/C13H15ClN2S/c1-8(14)11-6-4-5-7-12(11)16-13-15-9(2)10(3)17-13/h4-8H,1-3H3,(H,15,16). The highest BCUT2D eigenvalue weighted by Crippen LogP contribution is 2.31. The van der Waals surface area contributed by atoms with Gasteiger partial charge in [-0.25, -0.2) is 4.98 Å². The lowest BCUT2D eigenvalue weighted by Crippen LogP contribution is -1.95. The van der Waals surface area contributed by atoms with Gasteiger partial charge in [0.1, 0.15) is 0 Å². The number of nitrogens with one attached hydrogen (secondary N) is 1. The van der Waals surface area contributed by atoms with Crippen LogP contribution in [0.25, 0.3) is 0 Å². The molecule has 0 spiro atoms. The van der Waals surface area contributed by atoms with Crippen molar-refractivity contribution in [3.8, 4) is 0 Å². The topological polar surface area (TPSA) is 24.9 Å². The van der Waals surface area contributed by atoms with Crippen LogP contribution in [0.4, 0.5) is 10.8 Å². The number of anilines is 2. The number of rotatable bonds is 3. The van der Waals surface area contributed by atoms with Gasteiger partial charge in [0.15, 0.2) is 5.13 Å². The van der Waals surface area contributed by atoms with Crippen molar-refractivity contribution in [2.24, 2.45) is 0 Å². The Morgan fingerprint density at radius 1 is 1.29 bits per heavy atom. The fourth-order valence-corrected chi connectivity index (χ4v) is 2.62. The quantitative estimate of drug-likeness (QED) is 0.807. The van der Waals surface area contributed by atoms with Gasteiger partial charge in [-0.3, -0.25) is 0 Å².